The summed E-state index contributed by atoms with van der Waals surface area (Å²) in [4.78, 5) is 12.1. The van der Waals surface area contributed by atoms with E-state index >= 15 is 0 Å². The van der Waals surface area contributed by atoms with Crippen molar-refractivity contribution in [2.45, 2.75) is 31.3 Å². The number of aromatic nitrogens is 2. The highest BCUT2D eigenvalue weighted by Gasteiger charge is 2.09. The lowest BCUT2D eigenvalue weighted by atomic mass is 10.2. The van der Waals surface area contributed by atoms with E-state index in [0.29, 0.717) is 29.6 Å². The quantitative estimate of drug-likeness (QED) is 0.402. The van der Waals surface area contributed by atoms with Gasteiger partial charge in [0, 0.05) is 22.9 Å². The predicted molar refractivity (Wildman–Crippen MR) is 121 cm³/mol. The van der Waals surface area contributed by atoms with Crippen molar-refractivity contribution in [1.29, 1.82) is 0 Å². The molecule has 0 aliphatic carbocycles. The monoisotopic (exact) mass is 447 g/mol. The van der Waals surface area contributed by atoms with Gasteiger partial charge in [-0.1, -0.05) is 53.3 Å². The molecule has 0 unspecified atom stereocenters. The van der Waals surface area contributed by atoms with E-state index in [2.05, 4.69) is 27.6 Å². The molecule has 152 valence electrons. The molecule has 0 aliphatic rings. The van der Waals surface area contributed by atoms with E-state index in [1.807, 2.05) is 37.3 Å². The summed E-state index contributed by atoms with van der Waals surface area (Å²) in [6.07, 6.45) is 0.983. The molecule has 1 aromatic heterocycles. The molecule has 0 bridgehead atoms. The molecule has 2 aromatic carbocycles. The van der Waals surface area contributed by atoms with Crippen LogP contribution in [0.25, 0.3) is 0 Å². The molecule has 8 heteroatoms. The Bertz CT molecular complexity index is 935. The summed E-state index contributed by atoms with van der Waals surface area (Å²) in [7, 11) is 0. The Hall–Kier alpha value is -2.09. The van der Waals surface area contributed by atoms with Crippen molar-refractivity contribution in [2.75, 3.05) is 11.9 Å². The number of hydrogen-bond donors (Lipinski definition) is 1. The summed E-state index contributed by atoms with van der Waals surface area (Å²) < 4.78 is 5.71. The molecule has 0 saturated heterocycles. The van der Waals surface area contributed by atoms with E-state index in [9.17, 15) is 4.79 Å². The van der Waals surface area contributed by atoms with E-state index in [1.165, 1.54) is 16.9 Å². The summed E-state index contributed by atoms with van der Waals surface area (Å²) in [5.41, 5.74) is 2.26. The number of hydrogen-bond acceptors (Lipinski definition) is 6. The van der Waals surface area contributed by atoms with Crippen LogP contribution in [-0.2, 0) is 16.3 Å². The number of carbonyl (C=O) groups is 1. The van der Waals surface area contributed by atoms with Crippen LogP contribution in [0.1, 0.15) is 29.0 Å². The van der Waals surface area contributed by atoms with Gasteiger partial charge < -0.3 is 10.1 Å². The average Bonchev–Trinajstić information content (AvgIpc) is 3.14. The normalized spacial score (nSPS) is 10.7. The minimum Gasteiger partial charge on any atom is -0.493 e. The molecule has 29 heavy (non-hydrogen) atoms. The standard InChI is InChI=1S/C21H22ClN3O2S2/c1-15-12-17(22)9-10-18(15)27-11-5-8-19(26)23-21-25-24-20(29-21)14-28-13-16-6-3-2-4-7-16/h2-4,6-7,9-10,12H,5,8,11,13-14H2,1H3,(H,23,25,26). The van der Waals surface area contributed by atoms with Crippen molar-refractivity contribution in [3.05, 3.63) is 69.7 Å². The molecular formula is C21H22ClN3O2S2. The molecule has 1 heterocycles. The molecule has 1 amide bonds. The average molecular weight is 448 g/mol. The first-order valence-corrected chi connectivity index (χ1v) is 11.6. The minimum absolute atomic E-state index is 0.0823. The van der Waals surface area contributed by atoms with Crippen LogP contribution in [0, 0.1) is 6.92 Å². The molecule has 3 rings (SSSR count). The van der Waals surface area contributed by atoms with E-state index in [0.717, 1.165) is 27.8 Å². The Morgan fingerprint density at radius 1 is 1.17 bits per heavy atom. The third kappa shape index (κ3) is 7.34. The largest absolute Gasteiger partial charge is 0.493 e. The molecule has 0 radical (unpaired) electrons. The lowest BCUT2D eigenvalue weighted by molar-refractivity contribution is -0.116. The van der Waals surface area contributed by atoms with E-state index in [1.54, 1.807) is 17.8 Å². The van der Waals surface area contributed by atoms with Crippen LogP contribution in [-0.4, -0.2) is 22.7 Å². The van der Waals surface area contributed by atoms with Gasteiger partial charge in [0.05, 0.1) is 6.61 Å². The van der Waals surface area contributed by atoms with Crippen molar-refractivity contribution in [1.82, 2.24) is 10.2 Å². The molecule has 1 N–H and O–H groups in total. The first kappa shape index (κ1) is 21.6. The van der Waals surface area contributed by atoms with Crippen molar-refractivity contribution in [2.24, 2.45) is 0 Å². The SMILES string of the molecule is Cc1cc(Cl)ccc1OCCCC(=O)Nc1nnc(CSCc2ccccc2)s1. The number of halogens is 1. The maximum atomic E-state index is 12.1. The Labute approximate surface area is 183 Å². The highest BCUT2D eigenvalue weighted by molar-refractivity contribution is 7.97. The molecule has 5 nitrogen and oxygen atoms in total. The van der Waals surface area contributed by atoms with Gasteiger partial charge in [-0.15, -0.1) is 22.0 Å². The zero-order valence-electron chi connectivity index (χ0n) is 16.1. The second kappa shape index (κ2) is 11.2. The fourth-order valence-corrected chi connectivity index (χ4v) is 4.59. The summed E-state index contributed by atoms with van der Waals surface area (Å²) >= 11 is 9.13. The number of anilines is 1. The first-order valence-electron chi connectivity index (χ1n) is 9.23. The van der Waals surface area contributed by atoms with Gasteiger partial charge in [0.15, 0.2) is 0 Å². The maximum Gasteiger partial charge on any atom is 0.226 e. The summed E-state index contributed by atoms with van der Waals surface area (Å²) in [5, 5.41) is 13.2. The van der Waals surface area contributed by atoms with Crippen LogP contribution in [0.15, 0.2) is 48.5 Å². The number of ether oxygens (including phenoxy) is 1. The van der Waals surface area contributed by atoms with E-state index in [4.69, 9.17) is 16.3 Å². The van der Waals surface area contributed by atoms with Gasteiger partial charge >= 0.3 is 0 Å². The molecule has 3 aromatic rings. The number of nitrogens with zero attached hydrogens (tertiary/aromatic N) is 2. The number of nitrogens with one attached hydrogen (secondary N) is 1. The summed E-state index contributed by atoms with van der Waals surface area (Å²) in [6.45, 7) is 2.41. The molecule has 0 atom stereocenters. The minimum atomic E-state index is -0.0823. The highest BCUT2D eigenvalue weighted by Crippen LogP contribution is 2.23. The van der Waals surface area contributed by atoms with Crippen molar-refractivity contribution in [3.8, 4) is 5.75 Å². The number of benzene rings is 2. The summed E-state index contributed by atoms with van der Waals surface area (Å²) in [5.74, 6) is 2.41. The Morgan fingerprint density at radius 3 is 2.79 bits per heavy atom. The smallest absolute Gasteiger partial charge is 0.226 e. The zero-order chi connectivity index (χ0) is 20.5. The second-order valence-electron chi connectivity index (χ2n) is 6.39. The fourth-order valence-electron chi connectivity index (χ4n) is 2.56. The number of amides is 1. The Balaban J connectivity index is 1.34. The van der Waals surface area contributed by atoms with Crippen molar-refractivity contribution in [3.63, 3.8) is 0 Å². The van der Waals surface area contributed by atoms with Gasteiger partial charge in [-0.2, -0.15) is 0 Å². The van der Waals surface area contributed by atoms with Crippen molar-refractivity contribution < 1.29 is 9.53 Å². The van der Waals surface area contributed by atoms with Crippen LogP contribution in [0.4, 0.5) is 5.13 Å². The van der Waals surface area contributed by atoms with Gasteiger partial charge in [0.2, 0.25) is 11.0 Å². The van der Waals surface area contributed by atoms with E-state index < -0.39 is 0 Å². The zero-order valence-corrected chi connectivity index (χ0v) is 18.4. The summed E-state index contributed by atoms with van der Waals surface area (Å²) in [6, 6.07) is 15.8. The maximum absolute atomic E-state index is 12.1. The third-order valence-corrected chi connectivity index (χ3v) is 6.26. The second-order valence-corrected chi connectivity index (χ2v) is 8.87. The fraction of sp³-hybridized carbons (Fsp3) is 0.286. The van der Waals surface area contributed by atoms with Crippen LogP contribution >= 0.6 is 34.7 Å². The predicted octanol–water partition coefficient (Wildman–Crippen LogP) is 5.73. The molecule has 0 spiro atoms. The Kier molecular flexibility index (Phi) is 8.34. The van der Waals surface area contributed by atoms with Crippen LogP contribution < -0.4 is 10.1 Å². The van der Waals surface area contributed by atoms with Crippen LogP contribution in [0.3, 0.4) is 0 Å². The lowest BCUT2D eigenvalue weighted by Gasteiger charge is -2.09. The van der Waals surface area contributed by atoms with Gasteiger partial charge in [0.25, 0.3) is 0 Å². The number of carbonyl (C=O) groups excluding carboxylic acids is 1. The number of rotatable bonds is 10. The van der Waals surface area contributed by atoms with Gasteiger partial charge in [-0.05, 0) is 42.7 Å². The Morgan fingerprint density at radius 2 is 2.00 bits per heavy atom. The third-order valence-electron chi connectivity index (χ3n) is 3.99. The van der Waals surface area contributed by atoms with Gasteiger partial charge in [-0.25, -0.2) is 0 Å². The van der Waals surface area contributed by atoms with Gasteiger partial charge in [0.1, 0.15) is 10.8 Å². The first-order chi connectivity index (χ1) is 14.1. The number of thioether (sulfide) groups is 1. The lowest BCUT2D eigenvalue weighted by Crippen LogP contribution is -2.12. The highest BCUT2D eigenvalue weighted by atomic mass is 35.5. The van der Waals surface area contributed by atoms with Crippen LogP contribution in [0.5, 0.6) is 5.75 Å². The van der Waals surface area contributed by atoms with Crippen molar-refractivity contribution >= 4 is 45.7 Å². The molecule has 0 fully saturated rings. The molecular weight excluding hydrogens is 426 g/mol. The van der Waals surface area contributed by atoms with Gasteiger partial charge in [-0.3, -0.25) is 4.79 Å². The number of aryl methyl sites for hydroxylation is 1. The van der Waals surface area contributed by atoms with Crippen LogP contribution in [0.2, 0.25) is 5.02 Å². The topological polar surface area (TPSA) is 64.1 Å². The molecule has 0 aliphatic heterocycles. The molecule has 0 saturated carbocycles. The van der Waals surface area contributed by atoms with E-state index in [-0.39, 0.29) is 5.91 Å².